The van der Waals surface area contributed by atoms with Crippen molar-refractivity contribution in [1.82, 2.24) is 0 Å². The number of aliphatic hydroxyl groups excluding tert-OH is 2. The summed E-state index contributed by atoms with van der Waals surface area (Å²) < 4.78 is 10.7. The molecule has 0 aromatic rings. The molecular weight excluding hydrogens is 220 g/mol. The van der Waals surface area contributed by atoms with E-state index in [1.54, 1.807) is 0 Å². The van der Waals surface area contributed by atoms with Crippen molar-refractivity contribution >= 4 is 22.1 Å². The predicted octanol–water partition coefficient (Wildman–Crippen LogP) is 0.526. The predicted molar refractivity (Wildman–Crippen MR) is 54.8 cm³/mol. The van der Waals surface area contributed by atoms with Gasteiger partial charge in [0.25, 0.3) is 0 Å². The van der Waals surface area contributed by atoms with Crippen molar-refractivity contribution in [3.05, 3.63) is 35.8 Å². The largest absolute Gasteiger partial charge is 0.504 e. The van der Waals surface area contributed by atoms with Crippen LogP contribution >= 0.6 is 0 Å². The minimum atomic E-state index is -1.14. The molecule has 0 aromatic carbocycles. The van der Waals surface area contributed by atoms with Crippen molar-refractivity contribution < 1.29 is 24.3 Å². The van der Waals surface area contributed by atoms with E-state index in [4.69, 9.17) is 10.2 Å². The molecular formula is C9H8O5S. The molecule has 1 aliphatic rings. The van der Waals surface area contributed by atoms with Crippen molar-refractivity contribution in [2.24, 2.45) is 5.92 Å². The summed E-state index contributed by atoms with van der Waals surface area (Å²) in [6.07, 6.45) is 4.77. The van der Waals surface area contributed by atoms with Crippen LogP contribution in [0.15, 0.2) is 35.8 Å². The van der Waals surface area contributed by atoms with Gasteiger partial charge in [-0.1, -0.05) is 12.2 Å². The maximum absolute atomic E-state index is 10.7. The Balaban J connectivity index is 3.02. The molecule has 0 radical (unpaired) electrons. The molecule has 0 aliphatic heterocycles. The van der Waals surface area contributed by atoms with Gasteiger partial charge in [-0.2, -0.15) is 0 Å². The molecule has 1 rings (SSSR count). The molecule has 1 unspecified atom stereocenters. The summed E-state index contributed by atoms with van der Waals surface area (Å²) in [4.78, 5) is 10.2. The van der Waals surface area contributed by atoms with E-state index in [0.717, 1.165) is 6.08 Å². The topological polar surface area (TPSA) is 94.8 Å². The molecule has 5 nitrogen and oxygen atoms in total. The van der Waals surface area contributed by atoms with Gasteiger partial charge in [0, 0.05) is 12.0 Å². The van der Waals surface area contributed by atoms with Gasteiger partial charge in [0.1, 0.15) is 4.86 Å². The number of hydrogen-bond donors (Lipinski definition) is 3. The van der Waals surface area contributed by atoms with Crippen LogP contribution in [0.3, 0.4) is 0 Å². The van der Waals surface area contributed by atoms with Gasteiger partial charge in [-0.05, 0) is 6.08 Å². The summed E-state index contributed by atoms with van der Waals surface area (Å²) in [5, 5.41) is 26.8. The lowest BCUT2D eigenvalue weighted by Gasteiger charge is -2.13. The highest BCUT2D eigenvalue weighted by atomic mass is 32.1. The molecule has 0 saturated carbocycles. The Bertz CT molecular complexity index is 424. The Labute approximate surface area is 88.7 Å². The Kier molecular flexibility index (Phi) is 3.46. The molecule has 0 aromatic heterocycles. The number of hydrogen-bond acceptors (Lipinski definition) is 4. The number of aliphatic hydroxyl groups is 2. The molecule has 1 atom stereocenters. The van der Waals surface area contributed by atoms with E-state index >= 15 is 0 Å². The fourth-order valence-electron chi connectivity index (χ4n) is 1.08. The van der Waals surface area contributed by atoms with Gasteiger partial charge >= 0.3 is 5.97 Å². The van der Waals surface area contributed by atoms with E-state index in [2.05, 4.69) is 0 Å². The number of allylic oxidation sites excluding steroid dienone is 4. The molecule has 0 bridgehead atoms. The highest BCUT2D eigenvalue weighted by Gasteiger charge is 2.21. The molecule has 6 heteroatoms. The maximum atomic E-state index is 10.7. The van der Waals surface area contributed by atoms with Gasteiger partial charge in [0.15, 0.2) is 11.5 Å². The standard InChI is InChI=1S/C9H8O5S/c10-6-3-1-5(2-4-7(11)12)9(15-14)8(6)13/h1-5,10,13H,(H,11,12)/b4-2+. The molecule has 0 heterocycles. The number of carboxylic acids is 1. The first-order valence-electron chi connectivity index (χ1n) is 3.95. The SMILES string of the molecule is O=S=C1C(O)=C(O)C=CC1/C=C/C(=O)O. The van der Waals surface area contributed by atoms with Gasteiger partial charge in [-0.15, -0.1) is 0 Å². The summed E-state index contributed by atoms with van der Waals surface area (Å²) in [6, 6.07) is 0. The minimum absolute atomic E-state index is 0.0207. The molecule has 1 aliphatic carbocycles. The average molecular weight is 228 g/mol. The second-order valence-corrected chi connectivity index (χ2v) is 3.37. The van der Waals surface area contributed by atoms with Gasteiger partial charge in [0.2, 0.25) is 0 Å². The van der Waals surface area contributed by atoms with E-state index in [-0.39, 0.29) is 16.1 Å². The molecule has 80 valence electrons. The van der Waals surface area contributed by atoms with E-state index < -0.39 is 23.4 Å². The van der Waals surface area contributed by atoms with Crippen molar-refractivity contribution in [3.63, 3.8) is 0 Å². The molecule has 0 fully saturated rings. The number of carbonyl (C=O) groups is 1. The van der Waals surface area contributed by atoms with Gasteiger partial charge in [0.05, 0.1) is 11.3 Å². The number of carboxylic acid groups (broad SMARTS) is 1. The quantitative estimate of drug-likeness (QED) is 0.473. The van der Waals surface area contributed by atoms with Crippen LogP contribution in [-0.2, 0) is 16.1 Å². The first-order valence-corrected chi connectivity index (χ1v) is 4.69. The van der Waals surface area contributed by atoms with E-state index in [1.165, 1.54) is 18.2 Å². The number of aliphatic carboxylic acids is 1. The zero-order valence-corrected chi connectivity index (χ0v) is 8.27. The normalized spacial score (nSPS) is 21.1. The third-order valence-electron chi connectivity index (χ3n) is 1.78. The monoisotopic (exact) mass is 228 g/mol. The van der Waals surface area contributed by atoms with Gasteiger partial charge < -0.3 is 15.3 Å². The Morgan fingerprint density at radius 3 is 2.67 bits per heavy atom. The highest BCUT2D eigenvalue weighted by molar-refractivity contribution is 7.67. The third kappa shape index (κ3) is 2.57. The Hall–Kier alpha value is -1.82. The van der Waals surface area contributed by atoms with E-state index in [1.807, 2.05) is 0 Å². The lowest BCUT2D eigenvalue weighted by atomic mass is 9.98. The van der Waals surface area contributed by atoms with Gasteiger partial charge in [-0.3, -0.25) is 0 Å². The van der Waals surface area contributed by atoms with Crippen molar-refractivity contribution in [1.29, 1.82) is 0 Å². The first-order chi connectivity index (χ1) is 7.06. The van der Waals surface area contributed by atoms with E-state index in [9.17, 15) is 14.1 Å². The van der Waals surface area contributed by atoms with Crippen LogP contribution in [0.4, 0.5) is 0 Å². The van der Waals surface area contributed by atoms with Crippen molar-refractivity contribution in [2.75, 3.05) is 0 Å². The van der Waals surface area contributed by atoms with Crippen LogP contribution in [0.5, 0.6) is 0 Å². The summed E-state index contributed by atoms with van der Waals surface area (Å²) in [5.74, 6) is -2.65. The van der Waals surface area contributed by atoms with Crippen LogP contribution < -0.4 is 0 Å². The Morgan fingerprint density at radius 1 is 1.47 bits per heavy atom. The summed E-state index contributed by atoms with van der Waals surface area (Å²) in [6.45, 7) is 0. The summed E-state index contributed by atoms with van der Waals surface area (Å²) in [5.41, 5.74) is 0. The molecule has 0 spiro atoms. The second-order valence-electron chi connectivity index (χ2n) is 2.76. The summed E-state index contributed by atoms with van der Waals surface area (Å²) >= 11 is 0.0207. The lowest BCUT2D eigenvalue weighted by Crippen LogP contribution is -2.18. The van der Waals surface area contributed by atoms with Crippen molar-refractivity contribution in [2.45, 2.75) is 0 Å². The average Bonchev–Trinajstić information content (AvgIpc) is 2.19. The molecule has 15 heavy (non-hydrogen) atoms. The highest BCUT2D eigenvalue weighted by Crippen LogP contribution is 2.18. The van der Waals surface area contributed by atoms with Crippen LogP contribution in [-0.4, -0.2) is 30.4 Å². The van der Waals surface area contributed by atoms with Crippen LogP contribution in [0.2, 0.25) is 0 Å². The zero-order chi connectivity index (χ0) is 11.4. The van der Waals surface area contributed by atoms with Crippen LogP contribution in [0.1, 0.15) is 0 Å². The second kappa shape index (κ2) is 4.61. The fourth-order valence-corrected chi connectivity index (χ4v) is 1.53. The minimum Gasteiger partial charge on any atom is -0.504 e. The smallest absolute Gasteiger partial charge is 0.328 e. The van der Waals surface area contributed by atoms with E-state index in [0.29, 0.717) is 0 Å². The zero-order valence-electron chi connectivity index (χ0n) is 7.45. The molecule has 3 N–H and O–H groups in total. The van der Waals surface area contributed by atoms with Crippen LogP contribution in [0.25, 0.3) is 0 Å². The molecule has 0 saturated heterocycles. The lowest BCUT2D eigenvalue weighted by molar-refractivity contribution is -0.131. The first kappa shape index (κ1) is 11.3. The fraction of sp³-hybridized carbons (Fsp3) is 0.111. The maximum Gasteiger partial charge on any atom is 0.328 e. The van der Waals surface area contributed by atoms with Gasteiger partial charge in [-0.25, -0.2) is 9.00 Å². The Morgan fingerprint density at radius 2 is 2.13 bits per heavy atom. The van der Waals surface area contributed by atoms with Crippen LogP contribution in [0, 0.1) is 5.92 Å². The van der Waals surface area contributed by atoms with Crippen molar-refractivity contribution in [3.8, 4) is 0 Å². The third-order valence-corrected chi connectivity index (χ3v) is 2.42. The number of rotatable bonds is 2. The molecule has 0 amide bonds. The summed E-state index contributed by atoms with van der Waals surface area (Å²) in [7, 11) is 0.